The van der Waals surface area contributed by atoms with Gasteiger partial charge in [0.25, 0.3) is 0 Å². The molecule has 0 saturated carbocycles. The molecular formula is C13H26N6O. The summed E-state index contributed by atoms with van der Waals surface area (Å²) < 4.78 is 0. The number of aliphatic hydroxyl groups is 1. The highest BCUT2D eigenvalue weighted by Gasteiger charge is 2.10. The molecule has 0 spiro atoms. The monoisotopic (exact) mass is 282 g/mol. The summed E-state index contributed by atoms with van der Waals surface area (Å²) >= 11 is 0. The molecule has 1 heterocycles. The fourth-order valence-electron chi connectivity index (χ4n) is 1.64. The van der Waals surface area contributed by atoms with Gasteiger partial charge >= 0.3 is 0 Å². The second-order valence-electron chi connectivity index (χ2n) is 5.02. The normalized spacial score (nSPS) is 12.1. The van der Waals surface area contributed by atoms with E-state index in [-0.39, 0.29) is 12.6 Å². The van der Waals surface area contributed by atoms with Crippen molar-refractivity contribution in [1.82, 2.24) is 15.0 Å². The van der Waals surface area contributed by atoms with E-state index in [2.05, 4.69) is 32.5 Å². The van der Waals surface area contributed by atoms with Crippen LogP contribution < -0.4 is 15.5 Å². The number of hydrogen-bond acceptors (Lipinski definition) is 7. The van der Waals surface area contributed by atoms with Gasteiger partial charge in [-0.25, -0.2) is 0 Å². The number of hydrogen-bond donors (Lipinski definition) is 3. The molecule has 1 aromatic heterocycles. The quantitative estimate of drug-likeness (QED) is 0.630. The molecule has 0 aliphatic carbocycles. The summed E-state index contributed by atoms with van der Waals surface area (Å²) in [7, 11) is 3.80. The van der Waals surface area contributed by atoms with Crippen LogP contribution in [0.25, 0.3) is 0 Å². The minimum Gasteiger partial charge on any atom is -0.396 e. The van der Waals surface area contributed by atoms with Crippen LogP contribution in [0.15, 0.2) is 0 Å². The first kappa shape index (κ1) is 16.4. The number of nitrogens with one attached hydrogen (secondary N) is 2. The minimum atomic E-state index is 0.204. The zero-order chi connectivity index (χ0) is 15.0. The van der Waals surface area contributed by atoms with Gasteiger partial charge < -0.3 is 20.6 Å². The van der Waals surface area contributed by atoms with Gasteiger partial charge in [0.1, 0.15) is 0 Å². The zero-order valence-corrected chi connectivity index (χ0v) is 12.8. The van der Waals surface area contributed by atoms with Crippen molar-refractivity contribution < 1.29 is 5.11 Å². The van der Waals surface area contributed by atoms with Gasteiger partial charge in [0.05, 0.1) is 0 Å². The molecule has 0 aliphatic heterocycles. The van der Waals surface area contributed by atoms with Crippen LogP contribution in [-0.2, 0) is 0 Å². The lowest BCUT2D eigenvalue weighted by Crippen LogP contribution is -2.21. The largest absolute Gasteiger partial charge is 0.396 e. The number of aliphatic hydroxyl groups excluding tert-OH is 1. The van der Waals surface area contributed by atoms with Gasteiger partial charge in [-0.05, 0) is 26.2 Å². The molecule has 0 aliphatic rings. The summed E-state index contributed by atoms with van der Waals surface area (Å²) in [4.78, 5) is 14.9. The van der Waals surface area contributed by atoms with E-state index in [0.29, 0.717) is 17.8 Å². The van der Waals surface area contributed by atoms with Crippen LogP contribution in [0.4, 0.5) is 17.8 Å². The second-order valence-corrected chi connectivity index (χ2v) is 5.02. The van der Waals surface area contributed by atoms with Crippen LogP contribution in [0, 0.1) is 0 Å². The van der Waals surface area contributed by atoms with Crippen molar-refractivity contribution in [2.45, 2.75) is 39.2 Å². The lowest BCUT2D eigenvalue weighted by Gasteiger charge is -2.17. The van der Waals surface area contributed by atoms with Gasteiger partial charge in [0, 0.05) is 33.3 Å². The van der Waals surface area contributed by atoms with E-state index in [1.807, 2.05) is 25.9 Å². The first-order chi connectivity index (χ1) is 9.56. The number of rotatable bonds is 9. The Morgan fingerprint density at radius 1 is 1.20 bits per heavy atom. The summed E-state index contributed by atoms with van der Waals surface area (Å²) in [6.45, 7) is 5.18. The molecule has 114 valence electrons. The summed E-state index contributed by atoms with van der Waals surface area (Å²) in [5.74, 6) is 1.77. The molecule has 0 bridgehead atoms. The van der Waals surface area contributed by atoms with E-state index in [0.717, 1.165) is 25.8 Å². The molecule has 0 fully saturated rings. The Morgan fingerprint density at radius 3 is 2.50 bits per heavy atom. The van der Waals surface area contributed by atoms with Gasteiger partial charge in [-0.1, -0.05) is 6.92 Å². The van der Waals surface area contributed by atoms with Crippen molar-refractivity contribution in [3.63, 3.8) is 0 Å². The van der Waals surface area contributed by atoms with Crippen molar-refractivity contribution >= 4 is 17.8 Å². The van der Waals surface area contributed by atoms with E-state index >= 15 is 0 Å². The van der Waals surface area contributed by atoms with Crippen LogP contribution in [0.2, 0.25) is 0 Å². The Labute approximate surface area is 120 Å². The fraction of sp³-hybridized carbons (Fsp3) is 0.769. The van der Waals surface area contributed by atoms with Crippen LogP contribution >= 0.6 is 0 Å². The van der Waals surface area contributed by atoms with Gasteiger partial charge in [-0.3, -0.25) is 0 Å². The van der Waals surface area contributed by atoms with Crippen LogP contribution in [-0.4, -0.2) is 53.3 Å². The summed E-state index contributed by atoms with van der Waals surface area (Å²) in [5, 5.41) is 15.3. The van der Waals surface area contributed by atoms with Crippen LogP contribution in [0.5, 0.6) is 0 Å². The topological polar surface area (TPSA) is 86.2 Å². The highest BCUT2D eigenvalue weighted by atomic mass is 16.2. The Kier molecular flexibility index (Phi) is 7.00. The molecule has 1 aromatic rings. The van der Waals surface area contributed by atoms with Gasteiger partial charge in [0.2, 0.25) is 17.8 Å². The molecule has 1 unspecified atom stereocenters. The molecule has 20 heavy (non-hydrogen) atoms. The average molecular weight is 282 g/mol. The van der Waals surface area contributed by atoms with Crippen LogP contribution in [0.1, 0.15) is 33.1 Å². The van der Waals surface area contributed by atoms with Crippen molar-refractivity contribution in [1.29, 1.82) is 0 Å². The summed E-state index contributed by atoms with van der Waals surface area (Å²) in [6.07, 6.45) is 2.65. The van der Waals surface area contributed by atoms with Gasteiger partial charge in [-0.2, -0.15) is 15.0 Å². The summed E-state index contributed by atoms with van der Waals surface area (Å²) in [6, 6.07) is 0.207. The van der Waals surface area contributed by atoms with Crippen molar-refractivity contribution in [3.8, 4) is 0 Å². The smallest absolute Gasteiger partial charge is 0.231 e. The molecule has 7 heteroatoms. The van der Waals surface area contributed by atoms with E-state index in [9.17, 15) is 0 Å². The minimum absolute atomic E-state index is 0.204. The molecule has 0 saturated heterocycles. The van der Waals surface area contributed by atoms with E-state index < -0.39 is 0 Å². The van der Waals surface area contributed by atoms with Crippen molar-refractivity contribution in [3.05, 3.63) is 0 Å². The Morgan fingerprint density at radius 2 is 1.90 bits per heavy atom. The molecule has 0 amide bonds. The number of anilines is 3. The first-order valence-electron chi connectivity index (χ1n) is 7.11. The molecule has 0 radical (unpaired) electrons. The van der Waals surface area contributed by atoms with Gasteiger partial charge in [0.15, 0.2) is 0 Å². The maximum Gasteiger partial charge on any atom is 0.231 e. The third kappa shape index (κ3) is 5.56. The van der Waals surface area contributed by atoms with Crippen LogP contribution in [0.3, 0.4) is 0 Å². The fourth-order valence-corrected chi connectivity index (χ4v) is 1.64. The van der Waals surface area contributed by atoms with E-state index in [1.165, 1.54) is 0 Å². The lowest BCUT2D eigenvalue weighted by molar-refractivity contribution is 0.282. The van der Waals surface area contributed by atoms with Gasteiger partial charge in [-0.15, -0.1) is 0 Å². The highest BCUT2D eigenvalue weighted by Crippen LogP contribution is 2.13. The predicted molar refractivity (Wildman–Crippen MR) is 82.3 cm³/mol. The predicted octanol–water partition coefficient (Wildman–Crippen LogP) is 1.33. The number of aromatic nitrogens is 3. The highest BCUT2D eigenvalue weighted by molar-refractivity contribution is 5.43. The van der Waals surface area contributed by atoms with Crippen molar-refractivity contribution in [2.24, 2.45) is 0 Å². The second kappa shape index (κ2) is 8.52. The Balaban J connectivity index is 2.79. The standard InChI is InChI=1S/C13H26N6O/c1-5-8-14-11-16-12(15-10(2)7-6-9-20)18-13(17-11)19(3)4/h10,20H,5-9H2,1-4H3,(H2,14,15,16,17,18). The third-order valence-electron chi connectivity index (χ3n) is 2.73. The lowest BCUT2D eigenvalue weighted by atomic mass is 10.2. The summed E-state index contributed by atoms with van der Waals surface area (Å²) in [5.41, 5.74) is 0. The molecule has 7 nitrogen and oxygen atoms in total. The zero-order valence-electron chi connectivity index (χ0n) is 12.8. The molecule has 3 N–H and O–H groups in total. The van der Waals surface area contributed by atoms with Crippen molar-refractivity contribution in [2.75, 3.05) is 42.8 Å². The maximum atomic E-state index is 8.85. The first-order valence-corrected chi connectivity index (χ1v) is 7.11. The molecule has 0 aromatic carbocycles. The molecular weight excluding hydrogens is 256 g/mol. The third-order valence-corrected chi connectivity index (χ3v) is 2.73. The molecule has 1 rings (SSSR count). The molecule has 1 atom stereocenters. The average Bonchev–Trinajstić information content (AvgIpc) is 2.42. The SMILES string of the molecule is CCCNc1nc(NC(C)CCCO)nc(N(C)C)n1. The van der Waals surface area contributed by atoms with E-state index in [1.54, 1.807) is 0 Å². The number of nitrogens with zero attached hydrogens (tertiary/aromatic N) is 4. The Bertz CT molecular complexity index is 398. The maximum absolute atomic E-state index is 8.85. The Hall–Kier alpha value is -1.63. The van der Waals surface area contributed by atoms with E-state index in [4.69, 9.17) is 5.11 Å².